The Morgan fingerprint density at radius 1 is 1.07 bits per heavy atom. The zero-order valence-electron chi connectivity index (χ0n) is 17.0. The van der Waals surface area contributed by atoms with Crippen LogP contribution in [-0.4, -0.2) is 30.4 Å². The highest BCUT2D eigenvalue weighted by Crippen LogP contribution is 2.36. The first kappa shape index (κ1) is 20.0. The molecule has 2 aromatic heterocycles. The molecule has 6 nitrogen and oxygen atoms in total. The summed E-state index contributed by atoms with van der Waals surface area (Å²) in [6.45, 7) is 2.81. The van der Waals surface area contributed by atoms with Crippen LogP contribution in [0.5, 0.6) is 17.2 Å². The summed E-state index contributed by atoms with van der Waals surface area (Å²) < 4.78 is 18.1. The summed E-state index contributed by atoms with van der Waals surface area (Å²) >= 11 is 1.45. The number of nitrogens with zero attached hydrogens (tertiary/aromatic N) is 2. The number of ether oxygens (including phenoxy) is 3. The minimum atomic E-state index is -0.0844. The van der Waals surface area contributed by atoms with E-state index in [-0.39, 0.29) is 5.56 Å². The highest BCUT2D eigenvalue weighted by molar-refractivity contribution is 7.17. The molecule has 0 aliphatic carbocycles. The average Bonchev–Trinajstić information content (AvgIpc) is 3.20. The molecule has 0 unspecified atom stereocenters. The second-order valence-electron chi connectivity index (χ2n) is 6.81. The van der Waals surface area contributed by atoms with E-state index in [0.717, 1.165) is 22.4 Å². The maximum Gasteiger partial charge on any atom is 0.262 e. The van der Waals surface area contributed by atoms with Gasteiger partial charge in [-0.05, 0) is 42.3 Å². The van der Waals surface area contributed by atoms with Crippen LogP contribution < -0.4 is 19.8 Å². The van der Waals surface area contributed by atoms with Crippen LogP contribution >= 0.6 is 11.3 Å². The minimum absolute atomic E-state index is 0.0844. The fourth-order valence-corrected chi connectivity index (χ4v) is 4.22. The van der Waals surface area contributed by atoms with Crippen LogP contribution in [0.3, 0.4) is 0 Å². The van der Waals surface area contributed by atoms with E-state index < -0.39 is 0 Å². The van der Waals surface area contributed by atoms with E-state index in [9.17, 15) is 4.79 Å². The second-order valence-corrected chi connectivity index (χ2v) is 7.67. The van der Waals surface area contributed by atoms with Gasteiger partial charge in [0.1, 0.15) is 17.2 Å². The standard InChI is InChI=1S/C23H22N2O4S/c1-15-5-4-6-17(11-15)29-10-9-25-14-24-22-21(23(25)26)18(13-30-22)16-7-8-19(27-2)20(12-16)28-3/h4-8,11-14H,9-10H2,1-3H3. The van der Waals surface area contributed by atoms with E-state index in [1.807, 2.05) is 54.8 Å². The Bertz CT molecular complexity index is 1250. The van der Waals surface area contributed by atoms with Crippen molar-refractivity contribution >= 4 is 21.6 Å². The third-order valence-electron chi connectivity index (χ3n) is 4.85. The molecule has 2 heterocycles. The first-order chi connectivity index (χ1) is 14.6. The van der Waals surface area contributed by atoms with Crippen molar-refractivity contribution in [3.8, 4) is 28.4 Å². The topological polar surface area (TPSA) is 62.6 Å². The van der Waals surface area contributed by atoms with Crippen LogP contribution in [0.25, 0.3) is 21.3 Å². The number of fused-ring (bicyclic) bond motifs is 1. The summed E-state index contributed by atoms with van der Waals surface area (Å²) in [6.07, 6.45) is 1.58. The molecule has 0 radical (unpaired) electrons. The lowest BCUT2D eigenvalue weighted by molar-refractivity contribution is 0.296. The third-order valence-corrected chi connectivity index (χ3v) is 5.73. The fourth-order valence-electron chi connectivity index (χ4n) is 3.31. The van der Waals surface area contributed by atoms with E-state index >= 15 is 0 Å². The quantitative estimate of drug-likeness (QED) is 0.438. The van der Waals surface area contributed by atoms with Crippen molar-refractivity contribution in [2.75, 3.05) is 20.8 Å². The third kappa shape index (κ3) is 3.89. The molecule has 0 saturated heterocycles. The van der Waals surface area contributed by atoms with Gasteiger partial charge in [0.25, 0.3) is 5.56 Å². The lowest BCUT2D eigenvalue weighted by Crippen LogP contribution is -2.23. The van der Waals surface area contributed by atoms with Crippen LogP contribution in [0.4, 0.5) is 0 Å². The average molecular weight is 423 g/mol. The molecule has 0 aliphatic heterocycles. The molecule has 2 aromatic carbocycles. The molecular weight excluding hydrogens is 400 g/mol. The van der Waals surface area contributed by atoms with Gasteiger partial charge in [-0.2, -0.15) is 0 Å². The zero-order valence-corrected chi connectivity index (χ0v) is 17.9. The number of hydrogen-bond donors (Lipinski definition) is 0. The number of hydrogen-bond acceptors (Lipinski definition) is 6. The molecule has 0 atom stereocenters. The summed E-state index contributed by atoms with van der Waals surface area (Å²) in [6, 6.07) is 13.5. The molecule has 0 N–H and O–H groups in total. The molecule has 0 amide bonds. The SMILES string of the molecule is COc1ccc(-c2csc3ncn(CCOc4cccc(C)c4)c(=O)c23)cc1OC. The summed E-state index contributed by atoms with van der Waals surface area (Å²) in [4.78, 5) is 18.4. The van der Waals surface area contributed by atoms with Gasteiger partial charge in [0.2, 0.25) is 0 Å². The van der Waals surface area contributed by atoms with Gasteiger partial charge in [0.05, 0.1) is 32.5 Å². The Balaban J connectivity index is 1.63. The Morgan fingerprint density at radius 3 is 2.67 bits per heavy atom. The van der Waals surface area contributed by atoms with Gasteiger partial charge in [0, 0.05) is 10.9 Å². The molecular formula is C23H22N2O4S. The number of aromatic nitrogens is 2. The number of rotatable bonds is 7. The van der Waals surface area contributed by atoms with Crippen LogP contribution in [0.15, 0.2) is 59.0 Å². The summed E-state index contributed by atoms with van der Waals surface area (Å²) in [5, 5.41) is 2.55. The molecule has 30 heavy (non-hydrogen) atoms. The largest absolute Gasteiger partial charge is 0.493 e. The van der Waals surface area contributed by atoms with E-state index in [1.165, 1.54) is 11.3 Å². The van der Waals surface area contributed by atoms with Crippen molar-refractivity contribution in [2.45, 2.75) is 13.5 Å². The Morgan fingerprint density at radius 2 is 1.90 bits per heavy atom. The second kappa shape index (κ2) is 8.59. The predicted molar refractivity (Wildman–Crippen MR) is 119 cm³/mol. The number of benzene rings is 2. The Kier molecular flexibility index (Phi) is 5.72. The van der Waals surface area contributed by atoms with Gasteiger partial charge in [-0.25, -0.2) is 4.98 Å². The maximum atomic E-state index is 13.2. The maximum absolute atomic E-state index is 13.2. The van der Waals surface area contributed by atoms with Crippen LogP contribution in [0.2, 0.25) is 0 Å². The normalized spacial score (nSPS) is 10.9. The van der Waals surface area contributed by atoms with Gasteiger partial charge in [-0.1, -0.05) is 18.2 Å². The number of aryl methyl sites for hydroxylation is 1. The highest BCUT2D eigenvalue weighted by atomic mass is 32.1. The summed E-state index contributed by atoms with van der Waals surface area (Å²) in [7, 11) is 3.19. The molecule has 0 fully saturated rings. The summed E-state index contributed by atoms with van der Waals surface area (Å²) in [5.74, 6) is 2.05. The molecule has 7 heteroatoms. The molecule has 0 spiro atoms. The zero-order chi connectivity index (χ0) is 21.1. The van der Waals surface area contributed by atoms with Crippen molar-refractivity contribution < 1.29 is 14.2 Å². The highest BCUT2D eigenvalue weighted by Gasteiger charge is 2.15. The van der Waals surface area contributed by atoms with Gasteiger partial charge in [-0.3, -0.25) is 9.36 Å². The molecule has 0 saturated carbocycles. The van der Waals surface area contributed by atoms with E-state index in [2.05, 4.69) is 4.98 Å². The van der Waals surface area contributed by atoms with Gasteiger partial charge < -0.3 is 14.2 Å². The van der Waals surface area contributed by atoms with Crippen molar-refractivity contribution in [2.24, 2.45) is 0 Å². The van der Waals surface area contributed by atoms with Gasteiger partial charge >= 0.3 is 0 Å². The van der Waals surface area contributed by atoms with Crippen LogP contribution in [0.1, 0.15) is 5.56 Å². The lowest BCUT2D eigenvalue weighted by Gasteiger charge is -2.10. The number of thiophene rings is 1. The smallest absolute Gasteiger partial charge is 0.262 e. The first-order valence-corrected chi connectivity index (χ1v) is 10.4. The molecule has 154 valence electrons. The van der Waals surface area contributed by atoms with Crippen LogP contribution in [0, 0.1) is 6.92 Å². The van der Waals surface area contributed by atoms with E-state index in [0.29, 0.717) is 34.9 Å². The lowest BCUT2D eigenvalue weighted by atomic mass is 10.1. The van der Waals surface area contributed by atoms with E-state index in [4.69, 9.17) is 14.2 Å². The van der Waals surface area contributed by atoms with Crippen molar-refractivity contribution in [3.05, 3.63) is 70.1 Å². The van der Waals surface area contributed by atoms with Crippen molar-refractivity contribution in [1.29, 1.82) is 0 Å². The summed E-state index contributed by atoms with van der Waals surface area (Å²) in [5.41, 5.74) is 2.76. The fraction of sp³-hybridized carbons (Fsp3) is 0.217. The van der Waals surface area contributed by atoms with Gasteiger partial charge in [0.15, 0.2) is 11.5 Å². The molecule has 0 bridgehead atoms. The number of methoxy groups -OCH3 is 2. The minimum Gasteiger partial charge on any atom is -0.493 e. The monoisotopic (exact) mass is 422 g/mol. The van der Waals surface area contributed by atoms with Crippen LogP contribution in [-0.2, 0) is 6.54 Å². The molecule has 4 rings (SSSR count). The van der Waals surface area contributed by atoms with Crippen molar-refractivity contribution in [3.63, 3.8) is 0 Å². The predicted octanol–water partition coefficient (Wildman–Crippen LogP) is 4.53. The van der Waals surface area contributed by atoms with Gasteiger partial charge in [-0.15, -0.1) is 11.3 Å². The molecule has 0 aliphatic rings. The first-order valence-electron chi connectivity index (χ1n) is 9.49. The molecule has 4 aromatic rings. The van der Waals surface area contributed by atoms with Crippen molar-refractivity contribution in [1.82, 2.24) is 9.55 Å². The Labute approximate surface area is 178 Å². The van der Waals surface area contributed by atoms with E-state index in [1.54, 1.807) is 25.1 Å². The Hall–Kier alpha value is -3.32.